The van der Waals surface area contributed by atoms with Gasteiger partial charge in [-0.15, -0.1) is 0 Å². The van der Waals surface area contributed by atoms with E-state index in [0.717, 1.165) is 5.56 Å². The molecule has 1 fully saturated rings. The molecule has 0 unspecified atom stereocenters. The summed E-state index contributed by atoms with van der Waals surface area (Å²) in [6.45, 7) is 4.52. The van der Waals surface area contributed by atoms with Crippen molar-refractivity contribution in [2.75, 3.05) is 19.6 Å². The van der Waals surface area contributed by atoms with E-state index in [-0.39, 0.29) is 19.7 Å². The van der Waals surface area contributed by atoms with E-state index >= 15 is 0 Å². The van der Waals surface area contributed by atoms with E-state index in [1.807, 2.05) is 51.1 Å². The van der Waals surface area contributed by atoms with Crippen LogP contribution in [-0.2, 0) is 25.7 Å². The van der Waals surface area contributed by atoms with Crippen LogP contribution >= 0.6 is 0 Å². The molecule has 3 amide bonds. The molecule has 1 aliphatic heterocycles. The van der Waals surface area contributed by atoms with Crippen molar-refractivity contribution in [1.29, 1.82) is 0 Å². The highest BCUT2D eigenvalue weighted by molar-refractivity contribution is 5.91. The second kappa shape index (κ2) is 8.73. The quantitative estimate of drug-likeness (QED) is 0.748. The number of carboxylic acids is 1. The zero-order valence-corrected chi connectivity index (χ0v) is 16.2. The molecule has 0 spiro atoms. The molecule has 9 heteroatoms. The monoisotopic (exact) mass is 391 g/mol. The number of ether oxygens (including phenoxy) is 1. The Bertz CT molecular complexity index is 744. The van der Waals surface area contributed by atoms with Crippen molar-refractivity contribution in [3.63, 3.8) is 0 Å². The third kappa shape index (κ3) is 5.45. The number of carbonyl (C=O) groups is 4. The van der Waals surface area contributed by atoms with Gasteiger partial charge in [-0.2, -0.15) is 0 Å². The number of hydrogen-bond donors (Lipinski definition) is 2. The van der Waals surface area contributed by atoms with Gasteiger partial charge in [-0.3, -0.25) is 19.3 Å². The van der Waals surface area contributed by atoms with Gasteiger partial charge in [0.2, 0.25) is 11.8 Å². The maximum Gasteiger partial charge on any atom is 0.412 e. The topological polar surface area (TPSA) is 116 Å². The number of carboxylic acid groups (broad SMARTS) is 1. The molecule has 2 N–H and O–H groups in total. The first-order valence-corrected chi connectivity index (χ1v) is 8.85. The Hall–Kier alpha value is -3.10. The second-order valence-corrected chi connectivity index (χ2v) is 7.60. The van der Waals surface area contributed by atoms with Gasteiger partial charge in [-0.1, -0.05) is 51.1 Å². The summed E-state index contributed by atoms with van der Waals surface area (Å²) in [5, 5.41) is 10.9. The largest absolute Gasteiger partial charge is 0.480 e. The Morgan fingerprint density at radius 1 is 1.21 bits per heavy atom. The van der Waals surface area contributed by atoms with Crippen molar-refractivity contribution in [2.24, 2.45) is 5.41 Å². The molecule has 0 saturated carbocycles. The molecule has 1 heterocycles. The zero-order chi connectivity index (χ0) is 20.9. The molecule has 0 aromatic heterocycles. The van der Waals surface area contributed by atoms with E-state index in [0.29, 0.717) is 0 Å². The van der Waals surface area contributed by atoms with E-state index in [1.165, 1.54) is 9.80 Å². The van der Waals surface area contributed by atoms with Gasteiger partial charge in [0.15, 0.2) is 0 Å². The van der Waals surface area contributed by atoms with Crippen molar-refractivity contribution in [1.82, 2.24) is 15.1 Å². The summed E-state index contributed by atoms with van der Waals surface area (Å²) in [6.07, 6.45) is -1.34. The number of rotatable bonds is 6. The smallest absolute Gasteiger partial charge is 0.412 e. The van der Waals surface area contributed by atoms with Crippen LogP contribution in [0.5, 0.6) is 0 Å². The Balaban J connectivity index is 2.09. The second-order valence-electron chi connectivity index (χ2n) is 7.60. The fraction of sp³-hybridized carbons (Fsp3) is 0.474. The Labute approximate surface area is 163 Å². The number of hydrogen-bond acceptors (Lipinski definition) is 5. The van der Waals surface area contributed by atoms with Crippen LogP contribution in [-0.4, -0.2) is 64.6 Å². The van der Waals surface area contributed by atoms with Gasteiger partial charge in [-0.05, 0) is 5.56 Å². The highest BCUT2D eigenvalue weighted by atomic mass is 16.6. The molecular weight excluding hydrogens is 366 g/mol. The van der Waals surface area contributed by atoms with Crippen LogP contribution in [0.15, 0.2) is 30.3 Å². The highest BCUT2D eigenvalue weighted by Gasteiger charge is 2.47. The van der Waals surface area contributed by atoms with Crippen LogP contribution < -0.4 is 5.32 Å². The Kier molecular flexibility index (Phi) is 6.61. The molecule has 9 nitrogen and oxygen atoms in total. The van der Waals surface area contributed by atoms with Gasteiger partial charge in [0.25, 0.3) is 0 Å². The number of benzene rings is 1. The van der Waals surface area contributed by atoms with Gasteiger partial charge in [0.05, 0.1) is 0 Å². The van der Waals surface area contributed by atoms with Gasteiger partial charge < -0.3 is 20.1 Å². The van der Waals surface area contributed by atoms with Gasteiger partial charge >= 0.3 is 12.1 Å². The van der Waals surface area contributed by atoms with Crippen molar-refractivity contribution >= 4 is 23.9 Å². The van der Waals surface area contributed by atoms with Gasteiger partial charge in [0, 0.05) is 5.41 Å². The van der Waals surface area contributed by atoms with Crippen molar-refractivity contribution < 1.29 is 29.0 Å². The molecule has 1 aliphatic rings. The van der Waals surface area contributed by atoms with Crippen LogP contribution in [0.1, 0.15) is 26.3 Å². The average Bonchev–Trinajstić information content (AvgIpc) is 2.95. The van der Waals surface area contributed by atoms with Gasteiger partial charge in [-0.25, -0.2) is 4.79 Å². The number of nitrogens with zero attached hydrogens (tertiary/aromatic N) is 2. The average molecular weight is 391 g/mol. The van der Waals surface area contributed by atoms with Crippen LogP contribution in [0.4, 0.5) is 4.79 Å². The first-order valence-electron chi connectivity index (χ1n) is 8.85. The number of nitrogens with one attached hydrogen (secondary N) is 1. The molecule has 0 aliphatic carbocycles. The fourth-order valence-corrected chi connectivity index (χ4v) is 3.09. The molecule has 28 heavy (non-hydrogen) atoms. The van der Waals surface area contributed by atoms with Crippen LogP contribution in [0, 0.1) is 5.41 Å². The minimum absolute atomic E-state index is 0.0698. The number of carbonyl (C=O) groups excluding carboxylic acids is 3. The fourth-order valence-electron chi connectivity index (χ4n) is 3.09. The first kappa shape index (κ1) is 21.2. The minimum atomic E-state index is -1.18. The lowest BCUT2D eigenvalue weighted by Crippen LogP contribution is -2.53. The summed E-state index contributed by atoms with van der Waals surface area (Å²) in [5.41, 5.74) is 0.268. The summed E-state index contributed by atoms with van der Waals surface area (Å²) >= 11 is 0. The minimum Gasteiger partial charge on any atom is -0.480 e. The molecule has 1 aromatic rings. The first-order chi connectivity index (χ1) is 13.1. The van der Waals surface area contributed by atoms with Crippen molar-refractivity contribution in [3.8, 4) is 0 Å². The summed E-state index contributed by atoms with van der Waals surface area (Å²) in [7, 11) is 0. The van der Waals surface area contributed by atoms with Crippen molar-refractivity contribution in [3.05, 3.63) is 35.9 Å². The molecule has 1 aromatic carbocycles. The molecule has 152 valence electrons. The SMILES string of the molecule is CC(C)(C)[C@H]1N(CC(=O)NCC(=O)O)C(=O)CN1C(=O)OCc1ccccc1. The van der Waals surface area contributed by atoms with Crippen molar-refractivity contribution in [2.45, 2.75) is 33.5 Å². The third-order valence-corrected chi connectivity index (χ3v) is 4.18. The maximum atomic E-state index is 12.6. The van der Waals surface area contributed by atoms with E-state index in [2.05, 4.69) is 5.32 Å². The molecule has 0 radical (unpaired) electrons. The maximum absolute atomic E-state index is 12.6. The molecule has 1 saturated heterocycles. The Morgan fingerprint density at radius 2 is 1.86 bits per heavy atom. The van der Waals surface area contributed by atoms with Crippen LogP contribution in [0.25, 0.3) is 0 Å². The molecule has 0 bridgehead atoms. The lowest BCUT2D eigenvalue weighted by atomic mass is 9.91. The van der Waals surface area contributed by atoms with E-state index in [9.17, 15) is 19.2 Å². The predicted octanol–water partition coefficient (Wildman–Crippen LogP) is 1.04. The zero-order valence-electron chi connectivity index (χ0n) is 16.2. The number of amides is 3. The van der Waals surface area contributed by atoms with Crippen LogP contribution in [0.2, 0.25) is 0 Å². The Morgan fingerprint density at radius 3 is 2.43 bits per heavy atom. The van der Waals surface area contributed by atoms with E-state index in [4.69, 9.17) is 9.84 Å². The van der Waals surface area contributed by atoms with Gasteiger partial charge in [0.1, 0.15) is 32.4 Å². The standard InChI is InChI=1S/C19H25N3O6/c1-19(2,3)17-21(10-14(23)20-9-16(25)26)15(24)11-22(17)18(27)28-12-13-7-5-4-6-8-13/h4-8,17H,9-12H2,1-3H3,(H,20,23)(H,25,26)/t17-/m0/s1. The highest BCUT2D eigenvalue weighted by Crippen LogP contribution is 2.32. The summed E-state index contributed by atoms with van der Waals surface area (Å²) < 4.78 is 5.35. The normalized spacial score (nSPS) is 16.8. The molecule has 1 atom stereocenters. The summed E-state index contributed by atoms with van der Waals surface area (Å²) in [5.74, 6) is -2.19. The number of aliphatic carboxylic acids is 1. The molecular formula is C19H25N3O6. The predicted molar refractivity (Wildman–Crippen MR) is 98.9 cm³/mol. The lowest BCUT2D eigenvalue weighted by Gasteiger charge is -2.38. The summed E-state index contributed by atoms with van der Waals surface area (Å²) in [6, 6.07) is 9.16. The molecule has 2 rings (SSSR count). The van der Waals surface area contributed by atoms with E-state index in [1.54, 1.807) is 0 Å². The lowest BCUT2D eigenvalue weighted by molar-refractivity contribution is -0.139. The van der Waals surface area contributed by atoms with Crippen LogP contribution in [0.3, 0.4) is 0 Å². The summed E-state index contributed by atoms with van der Waals surface area (Å²) in [4.78, 5) is 50.3. The third-order valence-electron chi connectivity index (χ3n) is 4.18. The van der Waals surface area contributed by atoms with E-state index < -0.39 is 42.0 Å².